The molecule has 0 aliphatic heterocycles. The van der Waals surface area contributed by atoms with Crippen LogP contribution in [0.25, 0.3) is 0 Å². The van der Waals surface area contributed by atoms with Gasteiger partial charge in [0.25, 0.3) is 0 Å². The van der Waals surface area contributed by atoms with Gasteiger partial charge in [0.2, 0.25) is 0 Å². The molecule has 0 fully saturated rings. The van der Waals surface area contributed by atoms with Crippen molar-refractivity contribution in [3.63, 3.8) is 0 Å². The second kappa shape index (κ2) is 7.91. The van der Waals surface area contributed by atoms with Gasteiger partial charge in [-0.05, 0) is 31.2 Å². The van der Waals surface area contributed by atoms with E-state index in [-0.39, 0.29) is 0 Å². The molecular formula is C17H20ClNO2. The average Bonchev–Trinajstić information content (AvgIpc) is 2.50. The van der Waals surface area contributed by atoms with Crippen LogP contribution in [-0.2, 0) is 13.1 Å². The topological polar surface area (TPSA) is 30.5 Å². The number of nitrogens with one attached hydrogen (secondary N) is 1. The molecule has 0 aliphatic carbocycles. The molecule has 1 N–H and O–H groups in total. The molecule has 2 aromatic rings. The van der Waals surface area contributed by atoms with E-state index in [2.05, 4.69) is 5.32 Å². The fourth-order valence-corrected chi connectivity index (χ4v) is 2.36. The van der Waals surface area contributed by atoms with Crippen LogP contribution >= 0.6 is 11.6 Å². The zero-order chi connectivity index (χ0) is 15.1. The van der Waals surface area contributed by atoms with Crippen molar-refractivity contribution in [3.05, 3.63) is 58.6 Å². The van der Waals surface area contributed by atoms with Crippen LogP contribution < -0.4 is 14.8 Å². The van der Waals surface area contributed by atoms with Crippen LogP contribution in [0.4, 0.5) is 0 Å². The van der Waals surface area contributed by atoms with Gasteiger partial charge in [-0.3, -0.25) is 0 Å². The first kappa shape index (κ1) is 15.7. The van der Waals surface area contributed by atoms with E-state index in [1.807, 2.05) is 49.4 Å². The Hall–Kier alpha value is -1.71. The zero-order valence-electron chi connectivity index (χ0n) is 12.4. The van der Waals surface area contributed by atoms with Gasteiger partial charge in [-0.25, -0.2) is 0 Å². The largest absolute Gasteiger partial charge is 0.496 e. The van der Waals surface area contributed by atoms with Gasteiger partial charge < -0.3 is 14.8 Å². The Morgan fingerprint density at radius 1 is 1.00 bits per heavy atom. The number of para-hydroxylation sites is 1. The first-order valence-electron chi connectivity index (χ1n) is 6.98. The molecule has 0 aliphatic rings. The molecule has 0 radical (unpaired) electrons. The summed E-state index contributed by atoms with van der Waals surface area (Å²) in [7, 11) is 1.68. The van der Waals surface area contributed by atoms with Gasteiger partial charge in [0.05, 0.1) is 13.7 Å². The van der Waals surface area contributed by atoms with Crippen LogP contribution in [0.15, 0.2) is 42.5 Å². The molecule has 0 spiro atoms. The summed E-state index contributed by atoms with van der Waals surface area (Å²) in [5.74, 6) is 1.76. The average molecular weight is 306 g/mol. The first-order chi connectivity index (χ1) is 10.2. The third kappa shape index (κ3) is 4.38. The summed E-state index contributed by atoms with van der Waals surface area (Å²) in [6.07, 6.45) is 0. The van der Waals surface area contributed by atoms with Gasteiger partial charge in [-0.1, -0.05) is 29.8 Å². The number of ether oxygens (including phenoxy) is 2. The van der Waals surface area contributed by atoms with Gasteiger partial charge in [0.1, 0.15) is 11.5 Å². The number of hydrogen-bond donors (Lipinski definition) is 1. The van der Waals surface area contributed by atoms with E-state index in [0.717, 1.165) is 29.2 Å². The molecule has 0 saturated carbocycles. The molecule has 0 amide bonds. The van der Waals surface area contributed by atoms with Gasteiger partial charge in [-0.15, -0.1) is 0 Å². The monoisotopic (exact) mass is 305 g/mol. The quantitative estimate of drug-likeness (QED) is 0.837. The minimum atomic E-state index is 0.640. The number of rotatable bonds is 7. The molecular weight excluding hydrogens is 286 g/mol. The predicted octanol–water partition coefficient (Wildman–Crippen LogP) is 4.04. The van der Waals surface area contributed by atoms with Crippen LogP contribution in [0.3, 0.4) is 0 Å². The fraction of sp³-hybridized carbons (Fsp3) is 0.294. The summed E-state index contributed by atoms with van der Waals surface area (Å²) in [5.41, 5.74) is 2.18. The summed E-state index contributed by atoms with van der Waals surface area (Å²) in [4.78, 5) is 0. The molecule has 0 atom stereocenters. The van der Waals surface area contributed by atoms with Crippen molar-refractivity contribution in [2.75, 3.05) is 13.7 Å². The van der Waals surface area contributed by atoms with Gasteiger partial charge >= 0.3 is 0 Å². The lowest BCUT2D eigenvalue weighted by Gasteiger charge is -2.13. The molecule has 0 aromatic heterocycles. The highest BCUT2D eigenvalue weighted by Gasteiger charge is 2.06. The third-order valence-corrected chi connectivity index (χ3v) is 3.38. The Balaban J connectivity index is 2.01. The van der Waals surface area contributed by atoms with Crippen LogP contribution in [0.5, 0.6) is 11.5 Å². The lowest BCUT2D eigenvalue weighted by atomic mass is 10.1. The number of hydrogen-bond acceptors (Lipinski definition) is 3. The smallest absolute Gasteiger partial charge is 0.123 e. The van der Waals surface area contributed by atoms with E-state index < -0.39 is 0 Å². The molecule has 0 saturated heterocycles. The van der Waals surface area contributed by atoms with E-state index in [4.69, 9.17) is 21.1 Å². The Morgan fingerprint density at radius 3 is 2.52 bits per heavy atom. The number of halogens is 1. The molecule has 21 heavy (non-hydrogen) atoms. The maximum atomic E-state index is 6.06. The Morgan fingerprint density at radius 2 is 1.76 bits per heavy atom. The summed E-state index contributed by atoms with van der Waals surface area (Å²) < 4.78 is 11.0. The van der Waals surface area contributed by atoms with Crippen molar-refractivity contribution >= 4 is 11.6 Å². The molecule has 0 bridgehead atoms. The molecule has 0 unspecified atom stereocenters. The molecule has 2 aromatic carbocycles. The van der Waals surface area contributed by atoms with Gasteiger partial charge in [0.15, 0.2) is 0 Å². The fourth-order valence-electron chi connectivity index (χ4n) is 2.16. The number of methoxy groups -OCH3 is 1. The summed E-state index contributed by atoms with van der Waals surface area (Å²) in [6, 6.07) is 13.7. The van der Waals surface area contributed by atoms with Crippen molar-refractivity contribution in [1.82, 2.24) is 5.32 Å². The molecule has 2 rings (SSSR count). The maximum absolute atomic E-state index is 6.06. The van der Waals surface area contributed by atoms with Crippen LogP contribution in [0.2, 0.25) is 5.02 Å². The van der Waals surface area contributed by atoms with Gasteiger partial charge in [0, 0.05) is 29.2 Å². The van der Waals surface area contributed by atoms with Crippen molar-refractivity contribution < 1.29 is 9.47 Å². The Kier molecular flexibility index (Phi) is 5.90. The highest BCUT2D eigenvalue weighted by molar-refractivity contribution is 6.30. The van der Waals surface area contributed by atoms with Crippen molar-refractivity contribution in [1.29, 1.82) is 0 Å². The minimum absolute atomic E-state index is 0.640. The van der Waals surface area contributed by atoms with Crippen LogP contribution in [0.1, 0.15) is 18.1 Å². The lowest BCUT2D eigenvalue weighted by molar-refractivity contribution is 0.335. The second-order valence-electron chi connectivity index (χ2n) is 4.60. The van der Waals surface area contributed by atoms with Crippen molar-refractivity contribution in [2.24, 2.45) is 0 Å². The van der Waals surface area contributed by atoms with E-state index >= 15 is 0 Å². The predicted molar refractivity (Wildman–Crippen MR) is 86.2 cm³/mol. The normalized spacial score (nSPS) is 10.4. The van der Waals surface area contributed by atoms with E-state index in [1.165, 1.54) is 0 Å². The second-order valence-corrected chi connectivity index (χ2v) is 5.04. The Bertz CT molecular complexity index is 587. The van der Waals surface area contributed by atoms with Crippen molar-refractivity contribution in [2.45, 2.75) is 20.0 Å². The summed E-state index contributed by atoms with van der Waals surface area (Å²) >= 11 is 6.06. The van der Waals surface area contributed by atoms with Gasteiger partial charge in [-0.2, -0.15) is 0 Å². The van der Waals surface area contributed by atoms with Crippen LogP contribution in [-0.4, -0.2) is 13.7 Å². The first-order valence-corrected chi connectivity index (χ1v) is 7.36. The standard InChI is InChI=1S/C17H20ClNO2/c1-3-21-17-9-8-15(18)10-14(17)12-19-11-13-6-4-5-7-16(13)20-2/h4-10,19H,3,11-12H2,1-2H3. The highest BCUT2D eigenvalue weighted by Crippen LogP contribution is 2.23. The van der Waals surface area contributed by atoms with E-state index in [1.54, 1.807) is 7.11 Å². The molecule has 4 heteroatoms. The molecule has 0 heterocycles. The number of benzene rings is 2. The molecule has 112 valence electrons. The lowest BCUT2D eigenvalue weighted by Crippen LogP contribution is -2.14. The highest BCUT2D eigenvalue weighted by atomic mass is 35.5. The molecule has 3 nitrogen and oxygen atoms in total. The Labute approximate surface area is 130 Å². The summed E-state index contributed by atoms with van der Waals surface area (Å²) in [5, 5.41) is 4.12. The van der Waals surface area contributed by atoms with E-state index in [0.29, 0.717) is 18.2 Å². The van der Waals surface area contributed by atoms with Crippen LogP contribution in [0, 0.1) is 0 Å². The maximum Gasteiger partial charge on any atom is 0.123 e. The van der Waals surface area contributed by atoms with E-state index in [9.17, 15) is 0 Å². The zero-order valence-corrected chi connectivity index (χ0v) is 13.1. The van der Waals surface area contributed by atoms with Crippen molar-refractivity contribution in [3.8, 4) is 11.5 Å². The summed E-state index contributed by atoms with van der Waals surface area (Å²) in [6.45, 7) is 4.03. The SMILES string of the molecule is CCOc1ccc(Cl)cc1CNCc1ccccc1OC. The minimum Gasteiger partial charge on any atom is -0.496 e. The third-order valence-electron chi connectivity index (χ3n) is 3.15.